The second-order valence-corrected chi connectivity index (χ2v) is 6.71. The first kappa shape index (κ1) is 18.2. The fourth-order valence-corrected chi connectivity index (χ4v) is 3.37. The lowest BCUT2D eigenvalue weighted by Crippen LogP contribution is -2.39. The Balaban J connectivity index is 1.61. The SMILES string of the molecule is CCC(=O)c1ccc(O[C@@H](C)C(=O)N[C@H]2CCCc3ccccc32)cc1. The van der Waals surface area contributed by atoms with Crippen molar-refractivity contribution in [2.75, 3.05) is 0 Å². The number of Topliss-reactive ketones (excluding diaryl/α,β-unsaturated/α-hetero) is 1. The van der Waals surface area contributed by atoms with Crippen molar-refractivity contribution >= 4 is 11.7 Å². The zero-order valence-electron chi connectivity index (χ0n) is 15.3. The van der Waals surface area contributed by atoms with Gasteiger partial charge in [-0.15, -0.1) is 0 Å². The van der Waals surface area contributed by atoms with Crippen molar-refractivity contribution in [3.8, 4) is 5.75 Å². The summed E-state index contributed by atoms with van der Waals surface area (Å²) in [6.45, 7) is 3.58. The number of aryl methyl sites for hydroxylation is 1. The monoisotopic (exact) mass is 351 g/mol. The molecule has 26 heavy (non-hydrogen) atoms. The van der Waals surface area contributed by atoms with Crippen LogP contribution in [0.3, 0.4) is 0 Å². The normalized spacial score (nSPS) is 17.1. The number of nitrogens with one attached hydrogen (secondary N) is 1. The Morgan fingerprint density at radius 1 is 1.15 bits per heavy atom. The second kappa shape index (κ2) is 8.17. The van der Waals surface area contributed by atoms with Gasteiger partial charge in [0.15, 0.2) is 11.9 Å². The average Bonchev–Trinajstić information content (AvgIpc) is 2.68. The van der Waals surface area contributed by atoms with Crippen LogP contribution in [-0.2, 0) is 11.2 Å². The van der Waals surface area contributed by atoms with Crippen molar-refractivity contribution in [3.05, 3.63) is 65.2 Å². The van der Waals surface area contributed by atoms with Gasteiger partial charge in [-0.25, -0.2) is 0 Å². The number of ketones is 1. The minimum absolute atomic E-state index is 0.0445. The first-order valence-electron chi connectivity index (χ1n) is 9.26. The van der Waals surface area contributed by atoms with Gasteiger partial charge in [-0.3, -0.25) is 9.59 Å². The number of amides is 1. The average molecular weight is 351 g/mol. The molecule has 0 saturated carbocycles. The molecule has 0 unspecified atom stereocenters. The molecule has 1 aliphatic rings. The van der Waals surface area contributed by atoms with Crippen molar-refractivity contribution in [2.45, 2.75) is 51.7 Å². The lowest BCUT2D eigenvalue weighted by molar-refractivity contribution is -0.128. The van der Waals surface area contributed by atoms with Crippen LogP contribution < -0.4 is 10.1 Å². The number of rotatable bonds is 6. The van der Waals surface area contributed by atoms with Crippen LogP contribution in [-0.4, -0.2) is 17.8 Å². The van der Waals surface area contributed by atoms with E-state index in [1.54, 1.807) is 31.2 Å². The van der Waals surface area contributed by atoms with Gasteiger partial charge in [0.2, 0.25) is 0 Å². The summed E-state index contributed by atoms with van der Waals surface area (Å²) in [6, 6.07) is 15.3. The van der Waals surface area contributed by atoms with Gasteiger partial charge in [-0.2, -0.15) is 0 Å². The minimum atomic E-state index is -0.600. The molecule has 2 aromatic carbocycles. The molecule has 1 N–H and O–H groups in total. The van der Waals surface area contributed by atoms with Crippen molar-refractivity contribution in [1.29, 1.82) is 0 Å². The first-order valence-corrected chi connectivity index (χ1v) is 9.26. The van der Waals surface area contributed by atoms with E-state index in [0.717, 1.165) is 19.3 Å². The van der Waals surface area contributed by atoms with Gasteiger partial charge < -0.3 is 10.1 Å². The number of hydrogen-bond donors (Lipinski definition) is 1. The Hall–Kier alpha value is -2.62. The molecule has 0 aromatic heterocycles. The summed E-state index contributed by atoms with van der Waals surface area (Å²) in [7, 11) is 0. The van der Waals surface area contributed by atoms with Gasteiger partial charge in [0.05, 0.1) is 6.04 Å². The summed E-state index contributed by atoms with van der Waals surface area (Å²) in [5.74, 6) is 0.558. The molecule has 0 saturated heterocycles. The molecule has 0 heterocycles. The van der Waals surface area contributed by atoms with Gasteiger partial charge in [0.25, 0.3) is 5.91 Å². The summed E-state index contributed by atoms with van der Waals surface area (Å²) in [5, 5.41) is 3.12. The van der Waals surface area contributed by atoms with Crippen LogP contribution in [0.1, 0.15) is 60.6 Å². The van der Waals surface area contributed by atoms with E-state index in [2.05, 4.69) is 17.4 Å². The fourth-order valence-electron chi connectivity index (χ4n) is 3.37. The van der Waals surface area contributed by atoms with E-state index >= 15 is 0 Å². The molecule has 136 valence electrons. The van der Waals surface area contributed by atoms with Crippen LogP contribution in [0.5, 0.6) is 5.75 Å². The third-order valence-corrected chi connectivity index (χ3v) is 4.87. The molecule has 3 rings (SSSR count). The molecule has 1 aliphatic carbocycles. The maximum Gasteiger partial charge on any atom is 0.261 e. The molecule has 4 heteroatoms. The van der Waals surface area contributed by atoms with E-state index in [-0.39, 0.29) is 17.7 Å². The number of carbonyl (C=O) groups excluding carboxylic acids is 2. The molecule has 2 atom stereocenters. The van der Waals surface area contributed by atoms with Crippen LogP contribution >= 0.6 is 0 Å². The summed E-state index contributed by atoms with van der Waals surface area (Å²) in [5.41, 5.74) is 3.19. The Bertz CT molecular complexity index is 782. The Morgan fingerprint density at radius 2 is 1.88 bits per heavy atom. The lowest BCUT2D eigenvalue weighted by Gasteiger charge is -2.27. The van der Waals surface area contributed by atoms with Crippen molar-refractivity contribution in [2.24, 2.45) is 0 Å². The standard InChI is InChI=1S/C22H25NO3/c1-3-21(24)17-11-13-18(14-12-17)26-15(2)22(25)23-20-10-6-8-16-7-4-5-9-19(16)20/h4-5,7,9,11-15,20H,3,6,8,10H2,1-2H3,(H,23,25)/t15-,20-/m0/s1. The highest BCUT2D eigenvalue weighted by Crippen LogP contribution is 2.29. The summed E-state index contributed by atoms with van der Waals surface area (Å²) in [6.07, 6.45) is 2.96. The number of fused-ring (bicyclic) bond motifs is 1. The molecule has 2 aromatic rings. The first-order chi connectivity index (χ1) is 12.6. The largest absolute Gasteiger partial charge is 0.481 e. The highest BCUT2D eigenvalue weighted by Gasteiger charge is 2.24. The maximum absolute atomic E-state index is 12.6. The van der Waals surface area contributed by atoms with Crippen LogP contribution in [0.15, 0.2) is 48.5 Å². The highest BCUT2D eigenvalue weighted by atomic mass is 16.5. The molecule has 1 amide bonds. The van der Waals surface area contributed by atoms with Crippen molar-refractivity contribution in [1.82, 2.24) is 5.32 Å². The van der Waals surface area contributed by atoms with E-state index in [4.69, 9.17) is 4.74 Å². The van der Waals surface area contributed by atoms with Gasteiger partial charge >= 0.3 is 0 Å². The number of hydrogen-bond acceptors (Lipinski definition) is 3. The van der Waals surface area contributed by atoms with E-state index in [0.29, 0.717) is 17.7 Å². The Labute approximate surface area is 154 Å². The fraction of sp³-hybridized carbons (Fsp3) is 0.364. The van der Waals surface area contributed by atoms with Crippen LogP contribution in [0.25, 0.3) is 0 Å². The van der Waals surface area contributed by atoms with E-state index in [1.165, 1.54) is 11.1 Å². The van der Waals surface area contributed by atoms with Gasteiger partial charge in [-0.1, -0.05) is 31.2 Å². The van der Waals surface area contributed by atoms with Gasteiger partial charge in [0, 0.05) is 12.0 Å². The lowest BCUT2D eigenvalue weighted by atomic mass is 9.87. The van der Waals surface area contributed by atoms with Crippen LogP contribution in [0, 0.1) is 0 Å². The van der Waals surface area contributed by atoms with Gasteiger partial charge in [-0.05, 0) is 61.6 Å². The molecule has 0 aliphatic heterocycles. The topological polar surface area (TPSA) is 55.4 Å². The third kappa shape index (κ3) is 4.13. The summed E-state index contributed by atoms with van der Waals surface area (Å²) < 4.78 is 5.75. The zero-order valence-corrected chi connectivity index (χ0v) is 15.3. The number of benzene rings is 2. The van der Waals surface area contributed by atoms with Crippen LogP contribution in [0.4, 0.5) is 0 Å². The quantitative estimate of drug-likeness (QED) is 0.792. The smallest absolute Gasteiger partial charge is 0.261 e. The van der Waals surface area contributed by atoms with Crippen LogP contribution in [0.2, 0.25) is 0 Å². The molecule has 0 spiro atoms. The Morgan fingerprint density at radius 3 is 2.62 bits per heavy atom. The molecule has 0 fully saturated rings. The summed E-state index contributed by atoms with van der Waals surface area (Å²) >= 11 is 0. The second-order valence-electron chi connectivity index (χ2n) is 6.71. The number of ether oxygens (including phenoxy) is 1. The third-order valence-electron chi connectivity index (χ3n) is 4.87. The number of carbonyl (C=O) groups is 2. The Kier molecular flexibility index (Phi) is 5.71. The van der Waals surface area contributed by atoms with E-state index in [9.17, 15) is 9.59 Å². The zero-order chi connectivity index (χ0) is 18.5. The highest BCUT2D eigenvalue weighted by molar-refractivity contribution is 5.95. The summed E-state index contributed by atoms with van der Waals surface area (Å²) in [4.78, 5) is 24.2. The van der Waals surface area contributed by atoms with E-state index in [1.807, 2.05) is 19.1 Å². The maximum atomic E-state index is 12.6. The van der Waals surface area contributed by atoms with Crippen molar-refractivity contribution in [3.63, 3.8) is 0 Å². The predicted octanol–water partition coefficient (Wildman–Crippen LogP) is 4.24. The molecule has 0 radical (unpaired) electrons. The predicted molar refractivity (Wildman–Crippen MR) is 101 cm³/mol. The van der Waals surface area contributed by atoms with Crippen molar-refractivity contribution < 1.29 is 14.3 Å². The minimum Gasteiger partial charge on any atom is -0.481 e. The molecular formula is C22H25NO3. The molecule has 4 nitrogen and oxygen atoms in total. The molecular weight excluding hydrogens is 326 g/mol. The molecule has 0 bridgehead atoms. The van der Waals surface area contributed by atoms with Gasteiger partial charge in [0.1, 0.15) is 5.75 Å². The van der Waals surface area contributed by atoms with E-state index < -0.39 is 6.10 Å².